The number of nitrogens with zero attached hydrogens (tertiary/aromatic N) is 2. The lowest BCUT2D eigenvalue weighted by atomic mass is 10.2. The number of hydrogen-bond acceptors (Lipinski definition) is 5. The van der Waals surface area contributed by atoms with Crippen LogP contribution in [-0.2, 0) is 9.59 Å². The number of H-pyrrole nitrogens is 1. The fourth-order valence-corrected chi connectivity index (χ4v) is 1.71. The number of pyridine rings is 1. The van der Waals surface area contributed by atoms with E-state index in [0.29, 0.717) is 11.4 Å². The van der Waals surface area contributed by atoms with Crippen molar-refractivity contribution in [2.45, 2.75) is 12.4 Å². The molecule has 9 nitrogen and oxygen atoms in total. The van der Waals surface area contributed by atoms with Gasteiger partial charge in [-0.3, -0.25) is 14.9 Å². The Morgan fingerprint density at radius 2 is 1.47 bits per heavy atom. The van der Waals surface area contributed by atoms with E-state index >= 15 is 0 Å². The van der Waals surface area contributed by atoms with Gasteiger partial charge in [0.1, 0.15) is 5.69 Å². The molecule has 0 saturated carbocycles. The normalized spacial score (nSPS) is 10.8. The number of carbonyl (C=O) groups excluding carboxylic acids is 1. The minimum atomic E-state index is -5.08. The first kappa shape index (κ1) is 25.9. The predicted octanol–water partition coefficient (Wildman–Crippen LogP) is 3.48. The second-order valence-electron chi connectivity index (χ2n) is 5.45. The van der Waals surface area contributed by atoms with E-state index in [-0.39, 0.29) is 5.91 Å². The van der Waals surface area contributed by atoms with E-state index < -0.39 is 24.3 Å². The number of halogens is 6. The summed E-state index contributed by atoms with van der Waals surface area (Å²) in [6.45, 7) is 0. The first-order valence-corrected chi connectivity index (χ1v) is 7.97. The summed E-state index contributed by atoms with van der Waals surface area (Å²) in [5.74, 6) is -5.74. The quantitative estimate of drug-likeness (QED) is 0.423. The van der Waals surface area contributed by atoms with E-state index in [1.807, 2.05) is 18.2 Å². The molecule has 0 saturated heterocycles. The number of carboxylic acids is 2. The standard InChI is InChI=1S/C13H10N4O.2C2HF3O2/c18-13(11-3-1-2-6-14-11)16-10-5-4-9-8-15-17-12(9)7-10;2*3-2(4,5)1(6)7/h1-8H,(H,15,17)(H,16,18);2*(H,6,7). The van der Waals surface area contributed by atoms with Crippen molar-refractivity contribution in [2.24, 2.45) is 0 Å². The molecule has 4 N–H and O–H groups in total. The van der Waals surface area contributed by atoms with Crippen molar-refractivity contribution in [1.82, 2.24) is 15.2 Å². The fourth-order valence-electron chi connectivity index (χ4n) is 1.71. The van der Waals surface area contributed by atoms with Gasteiger partial charge in [-0.25, -0.2) is 9.59 Å². The summed E-state index contributed by atoms with van der Waals surface area (Å²) in [5, 5.41) is 24.8. The van der Waals surface area contributed by atoms with Gasteiger partial charge >= 0.3 is 24.3 Å². The molecule has 0 atom stereocenters. The summed E-state index contributed by atoms with van der Waals surface area (Å²) in [6.07, 6.45) is -6.84. The van der Waals surface area contributed by atoms with Crippen molar-refractivity contribution >= 4 is 34.4 Å². The van der Waals surface area contributed by atoms with E-state index in [9.17, 15) is 31.1 Å². The molecule has 0 bridgehead atoms. The van der Waals surface area contributed by atoms with Crippen LogP contribution in [0.4, 0.5) is 32.0 Å². The zero-order chi connectivity index (χ0) is 24.5. The third kappa shape index (κ3) is 8.68. The third-order valence-corrected chi connectivity index (χ3v) is 3.08. The van der Waals surface area contributed by atoms with E-state index in [1.165, 1.54) is 0 Å². The molecule has 0 spiro atoms. The highest BCUT2D eigenvalue weighted by Gasteiger charge is 2.38. The van der Waals surface area contributed by atoms with Crippen LogP contribution in [0.2, 0.25) is 0 Å². The minimum absolute atomic E-state index is 0.227. The Morgan fingerprint density at radius 1 is 0.906 bits per heavy atom. The van der Waals surface area contributed by atoms with Crippen LogP contribution >= 0.6 is 0 Å². The number of amides is 1. The zero-order valence-electron chi connectivity index (χ0n) is 15.4. The topological polar surface area (TPSA) is 145 Å². The Labute approximate surface area is 173 Å². The first-order chi connectivity index (χ1) is 14.7. The number of carbonyl (C=O) groups is 3. The molecule has 0 aliphatic heterocycles. The Bertz CT molecular complexity index is 1040. The van der Waals surface area contributed by atoms with Gasteiger partial charge in [0, 0.05) is 17.3 Å². The molecule has 2 heterocycles. The van der Waals surface area contributed by atoms with E-state index in [1.54, 1.807) is 30.6 Å². The number of anilines is 1. The predicted molar refractivity (Wildman–Crippen MR) is 95.7 cm³/mol. The number of aliphatic carboxylic acids is 2. The first-order valence-electron chi connectivity index (χ1n) is 7.97. The molecular formula is C17H12F6N4O5. The number of aromatic nitrogens is 3. The van der Waals surface area contributed by atoms with Crippen molar-refractivity contribution in [1.29, 1.82) is 0 Å². The maximum Gasteiger partial charge on any atom is 0.490 e. The van der Waals surface area contributed by atoms with Gasteiger partial charge < -0.3 is 15.5 Å². The Hall–Kier alpha value is -4.17. The van der Waals surface area contributed by atoms with Gasteiger partial charge in [-0.2, -0.15) is 31.4 Å². The lowest BCUT2D eigenvalue weighted by molar-refractivity contribution is -0.193. The molecular weight excluding hydrogens is 454 g/mol. The summed E-state index contributed by atoms with van der Waals surface area (Å²) < 4.78 is 63.5. The molecule has 32 heavy (non-hydrogen) atoms. The Kier molecular flexibility index (Phi) is 8.68. The molecule has 1 aromatic carbocycles. The maximum absolute atomic E-state index is 11.9. The molecule has 0 aliphatic rings. The van der Waals surface area contributed by atoms with Gasteiger partial charge in [0.15, 0.2) is 0 Å². The van der Waals surface area contributed by atoms with Gasteiger partial charge in [0.25, 0.3) is 5.91 Å². The van der Waals surface area contributed by atoms with E-state index in [0.717, 1.165) is 10.9 Å². The summed E-state index contributed by atoms with van der Waals surface area (Å²) >= 11 is 0. The van der Waals surface area contributed by atoms with Gasteiger partial charge in [0.2, 0.25) is 0 Å². The van der Waals surface area contributed by atoms with Gasteiger partial charge in [-0.05, 0) is 30.3 Å². The van der Waals surface area contributed by atoms with Crippen LogP contribution in [0, 0.1) is 0 Å². The molecule has 0 unspecified atom stereocenters. The number of hydrogen-bond donors (Lipinski definition) is 4. The number of carboxylic acid groups (broad SMARTS) is 2. The average Bonchev–Trinajstić information content (AvgIpc) is 3.16. The number of rotatable bonds is 2. The number of fused-ring (bicyclic) bond motifs is 1. The minimum Gasteiger partial charge on any atom is -0.475 e. The third-order valence-electron chi connectivity index (χ3n) is 3.08. The number of benzene rings is 1. The van der Waals surface area contributed by atoms with E-state index in [4.69, 9.17) is 19.8 Å². The van der Waals surface area contributed by atoms with Crippen molar-refractivity contribution in [3.63, 3.8) is 0 Å². The molecule has 0 fully saturated rings. The van der Waals surface area contributed by atoms with Crippen LogP contribution in [0.3, 0.4) is 0 Å². The molecule has 1 amide bonds. The fraction of sp³-hybridized carbons (Fsp3) is 0.118. The summed E-state index contributed by atoms with van der Waals surface area (Å²) in [5.41, 5.74) is 1.98. The highest BCUT2D eigenvalue weighted by Crippen LogP contribution is 2.17. The Balaban J connectivity index is 0.000000305. The van der Waals surface area contributed by atoms with Crippen LogP contribution in [-0.4, -0.2) is 55.6 Å². The lowest BCUT2D eigenvalue weighted by Crippen LogP contribution is -2.21. The molecule has 0 aliphatic carbocycles. The SMILES string of the molecule is O=C(Nc1ccc2cn[nH]c2c1)c1ccccn1.O=C(O)C(F)(F)F.O=C(O)C(F)(F)F. The monoisotopic (exact) mass is 466 g/mol. The van der Waals surface area contributed by atoms with Gasteiger partial charge in [-0.15, -0.1) is 0 Å². The molecule has 3 rings (SSSR count). The van der Waals surface area contributed by atoms with Crippen LogP contribution in [0.1, 0.15) is 10.5 Å². The number of alkyl halides is 6. The molecule has 0 radical (unpaired) electrons. The Morgan fingerprint density at radius 3 is 1.94 bits per heavy atom. The van der Waals surface area contributed by atoms with Crippen molar-refractivity contribution < 1.29 is 50.9 Å². The second kappa shape index (κ2) is 10.7. The zero-order valence-corrected chi connectivity index (χ0v) is 15.4. The summed E-state index contributed by atoms with van der Waals surface area (Å²) in [6, 6.07) is 10.8. The van der Waals surface area contributed by atoms with E-state index in [2.05, 4.69) is 20.5 Å². The largest absolute Gasteiger partial charge is 0.490 e. The highest BCUT2D eigenvalue weighted by atomic mass is 19.4. The lowest BCUT2D eigenvalue weighted by Gasteiger charge is -2.04. The second-order valence-corrected chi connectivity index (χ2v) is 5.45. The van der Waals surface area contributed by atoms with Gasteiger partial charge in [0.05, 0.1) is 11.7 Å². The molecule has 3 aromatic rings. The van der Waals surface area contributed by atoms with Crippen LogP contribution in [0.15, 0.2) is 48.8 Å². The highest BCUT2D eigenvalue weighted by molar-refractivity contribution is 6.03. The molecule has 172 valence electrons. The number of nitrogens with one attached hydrogen (secondary N) is 2. The summed E-state index contributed by atoms with van der Waals surface area (Å²) in [4.78, 5) is 33.7. The average molecular weight is 466 g/mol. The number of aromatic amines is 1. The van der Waals surface area contributed by atoms with Crippen LogP contribution < -0.4 is 5.32 Å². The van der Waals surface area contributed by atoms with Gasteiger partial charge in [-0.1, -0.05) is 6.07 Å². The smallest absolute Gasteiger partial charge is 0.475 e. The van der Waals surface area contributed by atoms with Crippen molar-refractivity contribution in [3.05, 3.63) is 54.5 Å². The van der Waals surface area contributed by atoms with Crippen LogP contribution in [0.25, 0.3) is 10.9 Å². The maximum atomic E-state index is 11.9. The summed E-state index contributed by atoms with van der Waals surface area (Å²) in [7, 11) is 0. The van der Waals surface area contributed by atoms with Crippen molar-refractivity contribution in [2.75, 3.05) is 5.32 Å². The molecule has 2 aromatic heterocycles. The molecule has 15 heteroatoms. The van der Waals surface area contributed by atoms with Crippen LogP contribution in [0.5, 0.6) is 0 Å². The van der Waals surface area contributed by atoms with Crippen molar-refractivity contribution in [3.8, 4) is 0 Å².